The molecule has 1 aliphatic carbocycles. The van der Waals surface area contributed by atoms with Crippen LogP contribution in [-0.2, 0) is 19.5 Å². The van der Waals surface area contributed by atoms with Crippen LogP contribution < -0.4 is 5.32 Å². The Morgan fingerprint density at radius 1 is 1.35 bits per heavy atom. The first kappa shape index (κ1) is 14.0. The molecule has 0 aromatic carbocycles. The molecule has 5 nitrogen and oxygen atoms in total. The largest absolute Gasteiger partial charge is 0.394 e. The number of rotatable bonds is 4. The molecule has 1 aliphatic heterocycles. The zero-order valence-corrected chi connectivity index (χ0v) is 12.4. The normalized spacial score (nSPS) is 30.2. The lowest BCUT2D eigenvalue weighted by atomic mass is 9.77. The van der Waals surface area contributed by atoms with E-state index in [1.807, 2.05) is 0 Å². The molecular formula is C15H26N4O. The molecular weight excluding hydrogens is 252 g/mol. The number of hydrogen-bond donors (Lipinski definition) is 2. The summed E-state index contributed by atoms with van der Waals surface area (Å²) in [6.07, 6.45) is 8.11. The molecule has 0 bridgehead atoms. The van der Waals surface area contributed by atoms with Crippen LogP contribution in [0.4, 0.5) is 0 Å². The van der Waals surface area contributed by atoms with Crippen LogP contribution in [0.15, 0.2) is 0 Å². The van der Waals surface area contributed by atoms with Crippen molar-refractivity contribution in [1.82, 2.24) is 20.1 Å². The number of aryl methyl sites for hydroxylation is 1. The third kappa shape index (κ3) is 2.74. The molecule has 1 aromatic rings. The zero-order chi connectivity index (χ0) is 14.0. The lowest BCUT2D eigenvalue weighted by Gasteiger charge is -2.39. The smallest absolute Gasteiger partial charge is 0.147 e. The van der Waals surface area contributed by atoms with Crippen molar-refractivity contribution in [3.05, 3.63) is 11.6 Å². The first-order chi connectivity index (χ1) is 9.72. The number of fused-ring (bicyclic) bond motifs is 1. The van der Waals surface area contributed by atoms with Crippen LogP contribution in [0, 0.1) is 5.92 Å². The molecule has 20 heavy (non-hydrogen) atoms. The standard InChI is InChI=1S/C15H26N4O/c1-12-5-4-7-15(9-12,11-20)16-10-14-18-17-13-6-2-3-8-19(13)14/h12,16,20H,2-11H2,1H3. The van der Waals surface area contributed by atoms with Crippen LogP contribution in [0.1, 0.15) is 57.1 Å². The molecule has 2 N–H and O–H groups in total. The van der Waals surface area contributed by atoms with E-state index >= 15 is 0 Å². The highest BCUT2D eigenvalue weighted by Gasteiger charge is 2.34. The fraction of sp³-hybridized carbons (Fsp3) is 0.867. The molecule has 2 heterocycles. The van der Waals surface area contributed by atoms with Crippen LogP contribution >= 0.6 is 0 Å². The van der Waals surface area contributed by atoms with Crippen molar-refractivity contribution in [2.75, 3.05) is 6.61 Å². The van der Waals surface area contributed by atoms with Gasteiger partial charge in [-0.15, -0.1) is 10.2 Å². The monoisotopic (exact) mass is 278 g/mol. The molecule has 1 saturated carbocycles. The van der Waals surface area contributed by atoms with E-state index in [-0.39, 0.29) is 12.1 Å². The fourth-order valence-electron chi connectivity index (χ4n) is 3.79. The second-order valence-electron chi connectivity index (χ2n) is 6.63. The number of nitrogens with one attached hydrogen (secondary N) is 1. The highest BCUT2D eigenvalue weighted by atomic mass is 16.3. The number of hydrogen-bond acceptors (Lipinski definition) is 4. The van der Waals surface area contributed by atoms with Gasteiger partial charge < -0.3 is 15.0 Å². The average Bonchev–Trinajstić information content (AvgIpc) is 2.88. The van der Waals surface area contributed by atoms with Crippen LogP contribution in [0.2, 0.25) is 0 Å². The molecule has 0 amide bonds. The van der Waals surface area contributed by atoms with Gasteiger partial charge in [0.25, 0.3) is 0 Å². The third-order valence-corrected chi connectivity index (χ3v) is 4.95. The Hall–Kier alpha value is -0.940. The van der Waals surface area contributed by atoms with Gasteiger partial charge in [-0.05, 0) is 31.6 Å². The molecule has 1 fully saturated rings. The van der Waals surface area contributed by atoms with Gasteiger partial charge in [-0.1, -0.05) is 19.8 Å². The Morgan fingerprint density at radius 3 is 3.05 bits per heavy atom. The lowest BCUT2D eigenvalue weighted by molar-refractivity contribution is 0.0971. The maximum atomic E-state index is 9.82. The van der Waals surface area contributed by atoms with E-state index in [1.165, 1.54) is 25.7 Å². The van der Waals surface area contributed by atoms with E-state index in [4.69, 9.17) is 0 Å². The summed E-state index contributed by atoms with van der Waals surface area (Å²) in [5.41, 5.74) is -0.112. The minimum Gasteiger partial charge on any atom is -0.394 e. The minimum atomic E-state index is -0.112. The topological polar surface area (TPSA) is 63.0 Å². The highest BCUT2D eigenvalue weighted by molar-refractivity contribution is 5.01. The van der Waals surface area contributed by atoms with Gasteiger partial charge >= 0.3 is 0 Å². The Kier molecular flexibility index (Phi) is 4.08. The van der Waals surface area contributed by atoms with Crippen molar-refractivity contribution in [2.24, 2.45) is 5.92 Å². The molecule has 112 valence electrons. The van der Waals surface area contributed by atoms with Crippen molar-refractivity contribution in [1.29, 1.82) is 0 Å². The minimum absolute atomic E-state index is 0.112. The van der Waals surface area contributed by atoms with Crippen molar-refractivity contribution in [3.63, 3.8) is 0 Å². The number of aliphatic hydroxyl groups excluding tert-OH is 1. The molecule has 2 aliphatic rings. The van der Waals surface area contributed by atoms with E-state index < -0.39 is 0 Å². The van der Waals surface area contributed by atoms with Gasteiger partial charge in [0.1, 0.15) is 11.6 Å². The summed E-state index contributed by atoms with van der Waals surface area (Å²) in [5.74, 6) is 2.85. The maximum absolute atomic E-state index is 9.82. The third-order valence-electron chi connectivity index (χ3n) is 4.95. The average molecular weight is 278 g/mol. The van der Waals surface area contributed by atoms with Gasteiger partial charge in [0.2, 0.25) is 0 Å². The number of nitrogens with zero attached hydrogens (tertiary/aromatic N) is 3. The summed E-state index contributed by atoms with van der Waals surface area (Å²) in [7, 11) is 0. The molecule has 0 saturated heterocycles. The first-order valence-electron chi connectivity index (χ1n) is 7.99. The van der Waals surface area contributed by atoms with Gasteiger partial charge in [0, 0.05) is 18.5 Å². The number of aliphatic hydroxyl groups is 1. The SMILES string of the molecule is CC1CCCC(CO)(NCc2nnc3n2CCCC3)C1. The molecule has 0 spiro atoms. The van der Waals surface area contributed by atoms with Crippen LogP contribution in [0.3, 0.4) is 0 Å². The lowest BCUT2D eigenvalue weighted by Crippen LogP contribution is -2.51. The Balaban J connectivity index is 1.67. The van der Waals surface area contributed by atoms with E-state index in [2.05, 4.69) is 27.0 Å². The van der Waals surface area contributed by atoms with Crippen LogP contribution in [-0.4, -0.2) is 32.0 Å². The van der Waals surface area contributed by atoms with Crippen molar-refractivity contribution in [2.45, 2.75) is 70.5 Å². The van der Waals surface area contributed by atoms with E-state index in [9.17, 15) is 5.11 Å². The van der Waals surface area contributed by atoms with Crippen molar-refractivity contribution >= 4 is 0 Å². The maximum Gasteiger partial charge on any atom is 0.147 e. The number of aromatic nitrogens is 3. The van der Waals surface area contributed by atoms with Gasteiger partial charge in [-0.3, -0.25) is 0 Å². The summed E-state index contributed by atoms with van der Waals surface area (Å²) in [6, 6.07) is 0. The quantitative estimate of drug-likeness (QED) is 0.879. The Morgan fingerprint density at radius 2 is 2.25 bits per heavy atom. The molecule has 2 unspecified atom stereocenters. The summed E-state index contributed by atoms with van der Waals surface area (Å²) in [6.45, 7) is 4.27. The van der Waals surface area contributed by atoms with Crippen molar-refractivity contribution < 1.29 is 5.11 Å². The van der Waals surface area contributed by atoms with Gasteiger partial charge in [-0.2, -0.15) is 0 Å². The van der Waals surface area contributed by atoms with Crippen molar-refractivity contribution in [3.8, 4) is 0 Å². The zero-order valence-electron chi connectivity index (χ0n) is 12.4. The van der Waals surface area contributed by atoms with E-state index in [0.717, 1.165) is 44.0 Å². The second kappa shape index (κ2) is 5.82. The molecule has 1 aromatic heterocycles. The Bertz CT molecular complexity index is 459. The molecule has 2 atom stereocenters. The summed E-state index contributed by atoms with van der Waals surface area (Å²) in [5, 5.41) is 22.0. The summed E-state index contributed by atoms with van der Waals surface area (Å²) >= 11 is 0. The predicted molar refractivity (Wildman–Crippen MR) is 77.2 cm³/mol. The Labute approximate surface area is 120 Å². The predicted octanol–water partition coefficient (Wildman–Crippen LogP) is 1.65. The summed E-state index contributed by atoms with van der Waals surface area (Å²) in [4.78, 5) is 0. The molecule has 0 radical (unpaired) electrons. The first-order valence-corrected chi connectivity index (χ1v) is 7.99. The van der Waals surface area contributed by atoms with Crippen LogP contribution in [0.5, 0.6) is 0 Å². The van der Waals surface area contributed by atoms with Gasteiger partial charge in [0.05, 0.1) is 13.2 Å². The second-order valence-corrected chi connectivity index (χ2v) is 6.63. The van der Waals surface area contributed by atoms with E-state index in [1.54, 1.807) is 0 Å². The van der Waals surface area contributed by atoms with Gasteiger partial charge in [0.15, 0.2) is 0 Å². The van der Waals surface area contributed by atoms with Gasteiger partial charge in [-0.25, -0.2) is 0 Å². The fourth-order valence-corrected chi connectivity index (χ4v) is 3.79. The summed E-state index contributed by atoms with van der Waals surface area (Å²) < 4.78 is 2.26. The molecule has 3 rings (SSSR count). The highest BCUT2D eigenvalue weighted by Crippen LogP contribution is 2.32. The van der Waals surface area contributed by atoms with Crippen LogP contribution in [0.25, 0.3) is 0 Å². The molecule has 5 heteroatoms. The van der Waals surface area contributed by atoms with E-state index in [0.29, 0.717) is 5.92 Å².